The van der Waals surface area contributed by atoms with Crippen molar-refractivity contribution in [3.63, 3.8) is 0 Å². The van der Waals surface area contributed by atoms with E-state index < -0.39 is 0 Å². The lowest BCUT2D eigenvalue weighted by Crippen LogP contribution is -1.98. The fourth-order valence-corrected chi connectivity index (χ4v) is 8.86. The third-order valence-electron chi connectivity index (χ3n) is 10.8. The predicted octanol–water partition coefficient (Wildman–Crippen LogP) is 11.6. The molecule has 0 fully saturated rings. The highest BCUT2D eigenvalue weighted by atomic mass is 15.1. The SMILES string of the molecule is c1ccc(-n2c3ccccc3c3cc(-n4c5ccc6ccccc6c5c5c6c7ccccc7n7c8ccccc8c(cc54)c67)ncc32)cc1. The average molecular weight is 623 g/mol. The summed E-state index contributed by atoms with van der Waals surface area (Å²) in [5.74, 6) is 0.917. The van der Waals surface area contributed by atoms with Crippen molar-refractivity contribution < 1.29 is 0 Å². The van der Waals surface area contributed by atoms with Crippen molar-refractivity contribution in [2.75, 3.05) is 0 Å². The Morgan fingerprint density at radius 3 is 1.84 bits per heavy atom. The van der Waals surface area contributed by atoms with Crippen LogP contribution in [-0.4, -0.2) is 18.5 Å². The Morgan fingerprint density at radius 2 is 1.02 bits per heavy atom. The molecule has 0 saturated heterocycles. The van der Waals surface area contributed by atoms with Gasteiger partial charge in [0.15, 0.2) is 0 Å². The zero-order valence-corrected chi connectivity index (χ0v) is 26.3. The lowest BCUT2D eigenvalue weighted by molar-refractivity contribution is 1.08. The van der Waals surface area contributed by atoms with Gasteiger partial charge in [-0.15, -0.1) is 0 Å². The van der Waals surface area contributed by atoms with Crippen LogP contribution in [0.25, 0.3) is 104 Å². The maximum Gasteiger partial charge on any atom is 0.138 e. The molecule has 7 aromatic carbocycles. The normalized spacial score (nSPS) is 12.5. The number of pyridine rings is 1. The number of fused-ring (bicyclic) bond motifs is 15. The van der Waals surface area contributed by atoms with Crippen LogP contribution in [-0.2, 0) is 0 Å². The molecule has 0 unspecified atom stereocenters. The molecular formula is C45H26N4. The number of rotatable bonds is 2. The molecule has 12 rings (SSSR count). The highest BCUT2D eigenvalue weighted by Gasteiger charge is 2.25. The van der Waals surface area contributed by atoms with Crippen LogP contribution < -0.4 is 0 Å². The second-order valence-electron chi connectivity index (χ2n) is 13.2. The van der Waals surface area contributed by atoms with Gasteiger partial charge >= 0.3 is 0 Å². The van der Waals surface area contributed by atoms with Crippen molar-refractivity contribution in [1.29, 1.82) is 0 Å². The van der Waals surface area contributed by atoms with Crippen LogP contribution in [0, 0.1) is 0 Å². The second-order valence-corrected chi connectivity index (χ2v) is 13.2. The molecular weight excluding hydrogens is 597 g/mol. The minimum Gasteiger partial charge on any atom is -0.308 e. The van der Waals surface area contributed by atoms with Gasteiger partial charge in [-0.1, -0.05) is 103 Å². The summed E-state index contributed by atoms with van der Waals surface area (Å²) in [4.78, 5) is 5.29. The molecule has 4 nitrogen and oxygen atoms in total. The Labute approximate surface area is 279 Å². The van der Waals surface area contributed by atoms with Gasteiger partial charge in [0.05, 0.1) is 44.8 Å². The molecule has 0 radical (unpaired) electrons. The highest BCUT2D eigenvalue weighted by molar-refractivity contribution is 6.38. The maximum absolute atomic E-state index is 5.29. The van der Waals surface area contributed by atoms with E-state index in [0.29, 0.717) is 0 Å². The third kappa shape index (κ3) is 3.12. The van der Waals surface area contributed by atoms with E-state index in [-0.39, 0.29) is 0 Å². The third-order valence-corrected chi connectivity index (χ3v) is 10.8. The van der Waals surface area contributed by atoms with Crippen LogP contribution in [0.5, 0.6) is 0 Å². The van der Waals surface area contributed by atoms with E-state index in [1.165, 1.54) is 81.4 Å². The molecule has 226 valence electrons. The summed E-state index contributed by atoms with van der Waals surface area (Å²) in [6, 6.07) is 55.1. The minimum absolute atomic E-state index is 0.917. The van der Waals surface area contributed by atoms with Gasteiger partial charge in [-0.05, 0) is 59.3 Å². The van der Waals surface area contributed by atoms with Crippen LogP contribution in [0.2, 0.25) is 0 Å². The minimum atomic E-state index is 0.917. The zero-order chi connectivity index (χ0) is 31.8. The summed E-state index contributed by atoms with van der Waals surface area (Å²) in [6.45, 7) is 0. The standard InChI is InChI=1S/C45H26N4/c1-2-13-28(14-3-1)47-35-19-9-6-16-30(35)33-25-41(46-26-40(33)47)48-38-23-22-27-12-4-5-15-29(27)42(38)44-39(48)24-34-31-17-7-10-20-36(31)49-37-21-11-8-18-32(37)43(44)45(34)49/h1-26H. The zero-order valence-electron chi connectivity index (χ0n) is 26.3. The number of hydrogen-bond donors (Lipinski definition) is 0. The van der Waals surface area contributed by atoms with E-state index in [9.17, 15) is 0 Å². The van der Waals surface area contributed by atoms with E-state index >= 15 is 0 Å². The molecule has 0 amide bonds. The van der Waals surface area contributed by atoms with Crippen LogP contribution in [0.4, 0.5) is 0 Å². The van der Waals surface area contributed by atoms with Gasteiger partial charge in [0.25, 0.3) is 0 Å². The quantitative estimate of drug-likeness (QED) is 0.188. The van der Waals surface area contributed by atoms with Crippen molar-refractivity contribution in [3.05, 3.63) is 158 Å². The van der Waals surface area contributed by atoms with Crippen molar-refractivity contribution >= 4 is 92.5 Å². The fraction of sp³-hybridized carbons (Fsp3) is 0. The highest BCUT2D eigenvalue weighted by Crippen LogP contribution is 2.48. The first-order valence-corrected chi connectivity index (χ1v) is 16.8. The number of nitrogens with zero attached hydrogens (tertiary/aromatic N) is 4. The molecule has 5 heterocycles. The van der Waals surface area contributed by atoms with Crippen molar-refractivity contribution in [2.24, 2.45) is 0 Å². The smallest absolute Gasteiger partial charge is 0.138 e. The monoisotopic (exact) mass is 622 g/mol. The first-order chi connectivity index (χ1) is 24.3. The Bertz CT molecular complexity index is 3320. The molecule has 0 N–H and O–H groups in total. The van der Waals surface area contributed by atoms with E-state index in [2.05, 4.69) is 171 Å². The maximum atomic E-state index is 5.29. The van der Waals surface area contributed by atoms with Gasteiger partial charge in [-0.25, -0.2) is 4.98 Å². The van der Waals surface area contributed by atoms with Crippen LogP contribution in [0.1, 0.15) is 0 Å². The van der Waals surface area contributed by atoms with Gasteiger partial charge in [-0.2, -0.15) is 0 Å². The Kier molecular flexibility index (Phi) is 4.69. The first kappa shape index (κ1) is 25.4. The van der Waals surface area contributed by atoms with E-state index in [1.54, 1.807) is 0 Å². The number of hydrogen-bond acceptors (Lipinski definition) is 1. The first-order valence-electron chi connectivity index (χ1n) is 16.8. The lowest BCUT2D eigenvalue weighted by atomic mass is 9.99. The van der Waals surface area contributed by atoms with Gasteiger partial charge < -0.3 is 8.97 Å². The van der Waals surface area contributed by atoms with Gasteiger partial charge in [0.1, 0.15) is 5.82 Å². The predicted molar refractivity (Wildman–Crippen MR) is 205 cm³/mol. The fourth-order valence-electron chi connectivity index (χ4n) is 8.86. The molecule has 5 aromatic heterocycles. The molecule has 4 heteroatoms. The molecule has 0 spiro atoms. The number of para-hydroxylation sites is 4. The summed E-state index contributed by atoms with van der Waals surface area (Å²) < 4.78 is 7.22. The summed E-state index contributed by atoms with van der Waals surface area (Å²) in [6.07, 6.45) is 2.06. The van der Waals surface area contributed by atoms with Gasteiger partial charge in [0, 0.05) is 48.8 Å². The van der Waals surface area contributed by atoms with Crippen molar-refractivity contribution in [2.45, 2.75) is 0 Å². The molecule has 0 aliphatic carbocycles. The lowest BCUT2D eigenvalue weighted by Gasteiger charge is -2.10. The summed E-state index contributed by atoms with van der Waals surface area (Å²) in [7, 11) is 0. The second kappa shape index (κ2) is 9.03. The Hall–Kier alpha value is -6.65. The number of aromatic nitrogens is 4. The van der Waals surface area contributed by atoms with E-state index in [0.717, 1.165) is 22.5 Å². The average Bonchev–Trinajstić information content (AvgIpc) is 3.88. The molecule has 12 aromatic rings. The topological polar surface area (TPSA) is 27.2 Å². The molecule has 0 aliphatic rings. The molecule has 0 atom stereocenters. The molecule has 0 saturated carbocycles. The van der Waals surface area contributed by atoms with Crippen LogP contribution >= 0.6 is 0 Å². The summed E-state index contributed by atoms with van der Waals surface area (Å²) in [5, 5.41) is 12.6. The molecule has 49 heavy (non-hydrogen) atoms. The van der Waals surface area contributed by atoms with Crippen LogP contribution in [0.3, 0.4) is 0 Å². The van der Waals surface area contributed by atoms with E-state index in [1.807, 2.05) is 0 Å². The van der Waals surface area contributed by atoms with Crippen molar-refractivity contribution in [3.8, 4) is 11.5 Å². The molecule has 0 aliphatic heterocycles. The van der Waals surface area contributed by atoms with Crippen LogP contribution in [0.15, 0.2) is 158 Å². The Balaban J connectivity index is 1.31. The summed E-state index contributed by atoms with van der Waals surface area (Å²) in [5.41, 5.74) is 9.51. The summed E-state index contributed by atoms with van der Waals surface area (Å²) >= 11 is 0. The number of benzene rings is 7. The largest absolute Gasteiger partial charge is 0.308 e. The van der Waals surface area contributed by atoms with Gasteiger partial charge in [0.2, 0.25) is 0 Å². The Morgan fingerprint density at radius 1 is 0.367 bits per heavy atom. The van der Waals surface area contributed by atoms with E-state index in [4.69, 9.17) is 4.98 Å². The van der Waals surface area contributed by atoms with Gasteiger partial charge in [-0.3, -0.25) is 4.57 Å². The van der Waals surface area contributed by atoms with Crippen molar-refractivity contribution in [1.82, 2.24) is 18.5 Å². The molecule has 0 bridgehead atoms.